The Morgan fingerprint density at radius 1 is 1.31 bits per heavy atom. The predicted molar refractivity (Wildman–Crippen MR) is 128 cm³/mol. The summed E-state index contributed by atoms with van der Waals surface area (Å²) in [6.07, 6.45) is 4.82. The number of nitrogens with zero attached hydrogens (tertiary/aromatic N) is 3. The lowest BCUT2D eigenvalue weighted by molar-refractivity contribution is -0.125. The van der Waals surface area contributed by atoms with E-state index in [-0.39, 0.29) is 16.4 Å². The molecular weight excluding hydrogens is 528 g/mol. The molecule has 2 aromatic rings. The molecule has 0 aliphatic carbocycles. The molecule has 1 aliphatic rings. The molecule has 2 aromatic heterocycles. The van der Waals surface area contributed by atoms with Crippen molar-refractivity contribution in [2.45, 2.75) is 25.4 Å². The van der Waals surface area contributed by atoms with Crippen LogP contribution < -0.4 is 9.62 Å². The number of aryl methyl sites for hydroxylation is 1. The smallest absolute Gasteiger partial charge is 0.305 e. The number of terminal acetylenes is 1. The molecule has 0 fully saturated rings. The second-order valence-electron chi connectivity index (χ2n) is 7.27. The van der Waals surface area contributed by atoms with E-state index in [9.17, 15) is 26.4 Å². The number of amides is 1. The van der Waals surface area contributed by atoms with Crippen LogP contribution >= 0.6 is 23.2 Å². The maximum atomic E-state index is 13.3. The average molecular weight is 545 g/mol. The molecule has 1 amide bonds. The third-order valence-corrected chi connectivity index (χ3v) is 6.50. The van der Waals surface area contributed by atoms with Crippen LogP contribution in [0.3, 0.4) is 0 Å². The summed E-state index contributed by atoms with van der Waals surface area (Å²) in [5.74, 6) is 1.29. The summed E-state index contributed by atoms with van der Waals surface area (Å²) in [5, 5.41) is -0.641. The summed E-state index contributed by atoms with van der Waals surface area (Å²) < 4.78 is 65.3. The van der Waals surface area contributed by atoms with Crippen molar-refractivity contribution in [3.05, 3.63) is 69.1 Å². The molecule has 0 atom stereocenters. The van der Waals surface area contributed by atoms with Crippen LogP contribution in [-0.2, 0) is 16.4 Å². The van der Waals surface area contributed by atoms with E-state index in [1.54, 1.807) is 18.3 Å². The molecule has 7 nitrogen and oxygen atoms in total. The standard InChI is InChI=1S/C22H17Cl2F3N4O3S/c1-2-16(8-7-14(23)12-22(25,26)27)35(33,34)30-18-11-15(24)13-29-20(18)21(32)31-10-4-5-17-19(31)6-3-9-28-17/h1,3,6-9,11,13,30H,4-5,10,12H2/b14-7+,16-8+. The summed E-state index contributed by atoms with van der Waals surface area (Å²) in [6.45, 7) is 0.353. The van der Waals surface area contributed by atoms with Crippen molar-refractivity contribution in [3.8, 4) is 12.3 Å². The number of rotatable bonds is 6. The Kier molecular flexibility index (Phi) is 8.10. The quantitative estimate of drug-likeness (QED) is 0.405. The highest BCUT2D eigenvalue weighted by Crippen LogP contribution is 2.30. The molecule has 0 unspecified atom stereocenters. The Bertz CT molecular complexity index is 1350. The first-order chi connectivity index (χ1) is 16.4. The van der Waals surface area contributed by atoms with E-state index in [1.807, 2.05) is 5.92 Å². The number of alkyl halides is 3. The largest absolute Gasteiger partial charge is 0.393 e. The Balaban J connectivity index is 1.95. The Labute approximate surface area is 209 Å². The number of carbonyl (C=O) groups excluding carboxylic acids is 1. The maximum Gasteiger partial charge on any atom is 0.393 e. The number of anilines is 2. The van der Waals surface area contributed by atoms with Crippen LogP contribution in [0.2, 0.25) is 5.02 Å². The summed E-state index contributed by atoms with van der Waals surface area (Å²) in [5.41, 5.74) is 0.771. The molecule has 3 rings (SSSR count). The molecule has 1 N–H and O–H groups in total. The van der Waals surface area contributed by atoms with Crippen molar-refractivity contribution < 1.29 is 26.4 Å². The van der Waals surface area contributed by atoms with Crippen LogP contribution in [0.15, 0.2) is 52.7 Å². The maximum absolute atomic E-state index is 13.3. The fourth-order valence-electron chi connectivity index (χ4n) is 3.25. The van der Waals surface area contributed by atoms with Crippen molar-refractivity contribution in [1.82, 2.24) is 9.97 Å². The van der Waals surface area contributed by atoms with E-state index >= 15 is 0 Å². The molecule has 0 spiro atoms. The molecular formula is C22H17Cl2F3N4O3S. The van der Waals surface area contributed by atoms with Crippen LogP contribution in [0.1, 0.15) is 29.0 Å². The molecule has 0 bridgehead atoms. The van der Waals surface area contributed by atoms with Gasteiger partial charge >= 0.3 is 6.18 Å². The second kappa shape index (κ2) is 10.7. The lowest BCUT2D eigenvalue weighted by Crippen LogP contribution is -2.37. The first-order valence-electron chi connectivity index (χ1n) is 9.95. The second-order valence-corrected chi connectivity index (χ2v) is 9.84. The van der Waals surface area contributed by atoms with Gasteiger partial charge in [0, 0.05) is 24.0 Å². The summed E-state index contributed by atoms with van der Waals surface area (Å²) in [6, 6.07) is 4.56. The van der Waals surface area contributed by atoms with Gasteiger partial charge in [-0.2, -0.15) is 13.2 Å². The van der Waals surface area contributed by atoms with E-state index in [0.717, 1.165) is 12.2 Å². The van der Waals surface area contributed by atoms with Crippen LogP contribution in [0.25, 0.3) is 0 Å². The monoisotopic (exact) mass is 544 g/mol. The summed E-state index contributed by atoms with van der Waals surface area (Å²) >= 11 is 11.5. The van der Waals surface area contributed by atoms with Crippen LogP contribution in [-0.4, -0.2) is 37.0 Å². The zero-order valence-electron chi connectivity index (χ0n) is 17.8. The zero-order chi connectivity index (χ0) is 25.8. The highest BCUT2D eigenvalue weighted by Gasteiger charge is 2.30. The number of halogens is 5. The summed E-state index contributed by atoms with van der Waals surface area (Å²) in [7, 11) is -4.52. The van der Waals surface area contributed by atoms with E-state index in [4.69, 9.17) is 29.6 Å². The van der Waals surface area contributed by atoms with Crippen molar-refractivity contribution in [1.29, 1.82) is 0 Å². The number of hydrogen-bond donors (Lipinski definition) is 1. The van der Waals surface area contributed by atoms with Gasteiger partial charge in [-0.25, -0.2) is 13.4 Å². The molecule has 0 saturated carbocycles. The Morgan fingerprint density at radius 3 is 2.74 bits per heavy atom. The fourth-order valence-corrected chi connectivity index (χ4v) is 4.58. The molecule has 3 heterocycles. The van der Waals surface area contributed by atoms with E-state index in [1.165, 1.54) is 17.2 Å². The van der Waals surface area contributed by atoms with Gasteiger partial charge in [-0.3, -0.25) is 14.5 Å². The van der Waals surface area contributed by atoms with Gasteiger partial charge in [-0.1, -0.05) is 29.1 Å². The molecule has 13 heteroatoms. The van der Waals surface area contributed by atoms with Crippen molar-refractivity contribution in [2.75, 3.05) is 16.2 Å². The van der Waals surface area contributed by atoms with Gasteiger partial charge in [0.05, 0.1) is 28.5 Å². The molecule has 0 aromatic carbocycles. The molecule has 35 heavy (non-hydrogen) atoms. The number of nitrogens with one attached hydrogen (secondary N) is 1. The lowest BCUT2D eigenvalue weighted by atomic mass is 10.1. The van der Waals surface area contributed by atoms with Gasteiger partial charge in [0.2, 0.25) is 0 Å². The molecule has 184 valence electrons. The number of pyridine rings is 2. The Hall–Kier alpha value is -3.07. The first-order valence-corrected chi connectivity index (χ1v) is 12.2. The van der Waals surface area contributed by atoms with Crippen LogP contribution in [0, 0.1) is 12.3 Å². The highest BCUT2D eigenvalue weighted by atomic mass is 35.5. The minimum absolute atomic E-state index is 0.0271. The first kappa shape index (κ1) is 26.5. The van der Waals surface area contributed by atoms with Gasteiger partial charge in [0.1, 0.15) is 4.91 Å². The SMILES string of the molecule is C#C/C(=C\C=C(\Cl)CC(F)(F)F)S(=O)(=O)Nc1cc(Cl)cnc1C(=O)N1CCCc2ncccc21. The number of aromatic nitrogens is 2. The lowest BCUT2D eigenvalue weighted by Gasteiger charge is -2.28. The van der Waals surface area contributed by atoms with Gasteiger partial charge in [-0.05, 0) is 43.2 Å². The van der Waals surface area contributed by atoms with Crippen LogP contribution in [0.5, 0.6) is 0 Å². The fraction of sp³-hybridized carbons (Fsp3) is 0.227. The average Bonchev–Trinajstić information content (AvgIpc) is 2.77. The molecule has 0 saturated heterocycles. The minimum Gasteiger partial charge on any atom is -0.305 e. The number of fused-ring (bicyclic) bond motifs is 1. The van der Waals surface area contributed by atoms with E-state index in [0.29, 0.717) is 30.8 Å². The van der Waals surface area contributed by atoms with Gasteiger partial charge in [-0.15, -0.1) is 6.42 Å². The normalized spacial score (nSPS) is 14.8. The highest BCUT2D eigenvalue weighted by molar-refractivity contribution is 7.96. The van der Waals surface area contributed by atoms with Crippen molar-refractivity contribution in [2.24, 2.45) is 0 Å². The van der Waals surface area contributed by atoms with Crippen molar-refractivity contribution in [3.63, 3.8) is 0 Å². The third kappa shape index (κ3) is 6.75. The zero-order valence-corrected chi connectivity index (χ0v) is 20.1. The molecule has 1 aliphatic heterocycles. The number of sulfonamides is 1. The van der Waals surface area contributed by atoms with Crippen molar-refractivity contribution >= 4 is 50.5 Å². The van der Waals surface area contributed by atoms with Gasteiger partial charge in [0.15, 0.2) is 5.69 Å². The van der Waals surface area contributed by atoms with E-state index < -0.39 is 38.5 Å². The molecule has 0 radical (unpaired) electrons. The van der Waals surface area contributed by atoms with Gasteiger partial charge in [0.25, 0.3) is 15.9 Å². The summed E-state index contributed by atoms with van der Waals surface area (Å²) in [4.78, 5) is 22.3. The topological polar surface area (TPSA) is 92.3 Å². The van der Waals surface area contributed by atoms with Gasteiger partial charge < -0.3 is 4.90 Å². The number of allylic oxidation sites excluding steroid dienone is 4. The van der Waals surface area contributed by atoms with Crippen LogP contribution in [0.4, 0.5) is 24.5 Å². The predicted octanol–water partition coefficient (Wildman–Crippen LogP) is 5.06. The minimum atomic E-state index is -4.58. The Morgan fingerprint density at radius 2 is 2.06 bits per heavy atom. The number of carbonyl (C=O) groups is 1. The number of hydrogen-bond acceptors (Lipinski definition) is 5. The van der Waals surface area contributed by atoms with E-state index in [2.05, 4.69) is 14.7 Å². The third-order valence-electron chi connectivity index (χ3n) is 4.72.